The molecule has 1 atom stereocenters. The predicted molar refractivity (Wildman–Crippen MR) is 56.0 cm³/mol. The van der Waals surface area contributed by atoms with Gasteiger partial charge < -0.3 is 5.32 Å². The first-order chi connectivity index (χ1) is 5.49. The van der Waals surface area contributed by atoms with Gasteiger partial charge in [-0.25, -0.2) is 0 Å². The molecule has 0 aliphatic rings. The van der Waals surface area contributed by atoms with Crippen LogP contribution in [0.2, 0.25) is 0 Å². The molecule has 0 aliphatic heterocycles. The van der Waals surface area contributed by atoms with Crippen molar-refractivity contribution in [2.45, 2.75) is 40.2 Å². The number of nitrogens with one attached hydrogen (secondary N) is 1. The maximum absolute atomic E-state index is 3.96. The molecule has 1 nitrogen and oxygen atoms in total. The first-order valence-electron chi connectivity index (χ1n) is 4.58. The number of hydrogen-bond donors (Lipinski definition) is 1. The second-order valence-corrected chi connectivity index (χ2v) is 3.67. The normalized spacial score (nSPS) is 12.8. The van der Waals surface area contributed by atoms with Crippen molar-refractivity contribution in [3.8, 4) is 0 Å². The second kappa shape index (κ2) is 5.02. The Labute approximate surface area is 76.6 Å². The minimum Gasteiger partial charge on any atom is -0.382 e. The molecule has 0 spiro atoms. The third-order valence-electron chi connectivity index (χ3n) is 1.98. The summed E-state index contributed by atoms with van der Waals surface area (Å²) in [7, 11) is 0. The molecule has 0 heterocycles. The van der Waals surface area contributed by atoms with Gasteiger partial charge in [-0.15, -0.1) is 0 Å². The highest BCUT2D eigenvalue weighted by Gasteiger charge is 2.12. The lowest BCUT2D eigenvalue weighted by atomic mass is 9.98. The molecule has 0 radical (unpaired) electrons. The topological polar surface area (TPSA) is 12.0 Å². The summed E-state index contributed by atoms with van der Waals surface area (Å²) >= 11 is 0. The first-order valence-corrected chi connectivity index (χ1v) is 4.58. The van der Waals surface area contributed by atoms with E-state index >= 15 is 0 Å². The molecule has 0 fully saturated rings. The molecule has 70 valence electrons. The van der Waals surface area contributed by atoms with E-state index in [0.717, 1.165) is 12.1 Å². The third-order valence-corrected chi connectivity index (χ3v) is 1.98. The van der Waals surface area contributed by atoms with Crippen LogP contribution in [-0.4, -0.2) is 6.04 Å². The molecule has 0 rings (SSSR count). The second-order valence-electron chi connectivity index (χ2n) is 3.67. The predicted octanol–water partition coefficient (Wildman–Crippen LogP) is 3.10. The van der Waals surface area contributed by atoms with Crippen molar-refractivity contribution in [2.75, 3.05) is 0 Å². The quantitative estimate of drug-likeness (QED) is 0.620. The highest BCUT2D eigenvalue weighted by atomic mass is 14.9. The van der Waals surface area contributed by atoms with E-state index in [0.29, 0.717) is 12.0 Å². The van der Waals surface area contributed by atoms with Gasteiger partial charge in [0.25, 0.3) is 0 Å². The Morgan fingerprint density at radius 3 is 2.08 bits per heavy atom. The molecule has 12 heavy (non-hydrogen) atoms. The molecule has 0 saturated heterocycles. The standard InChI is InChI=1S/C11H21N/c1-7-10(6)12-11(8(2)3)9(4)5/h9,11-12H,2,6-7H2,1,3-5H3. The van der Waals surface area contributed by atoms with Crippen LogP contribution in [0.15, 0.2) is 24.4 Å². The minimum absolute atomic E-state index is 0.373. The Morgan fingerprint density at radius 2 is 1.83 bits per heavy atom. The molecule has 0 aromatic heterocycles. The molecule has 0 amide bonds. The number of hydrogen-bond acceptors (Lipinski definition) is 1. The smallest absolute Gasteiger partial charge is 0.0488 e. The van der Waals surface area contributed by atoms with E-state index in [-0.39, 0.29) is 0 Å². The summed E-state index contributed by atoms with van der Waals surface area (Å²) in [5, 5.41) is 3.37. The summed E-state index contributed by atoms with van der Waals surface area (Å²) in [4.78, 5) is 0. The van der Waals surface area contributed by atoms with Crippen LogP contribution in [-0.2, 0) is 0 Å². The minimum atomic E-state index is 0.373. The van der Waals surface area contributed by atoms with Gasteiger partial charge >= 0.3 is 0 Å². The van der Waals surface area contributed by atoms with E-state index in [1.54, 1.807) is 0 Å². The highest BCUT2D eigenvalue weighted by molar-refractivity contribution is 5.08. The van der Waals surface area contributed by atoms with Gasteiger partial charge in [-0.1, -0.05) is 39.5 Å². The lowest BCUT2D eigenvalue weighted by Crippen LogP contribution is -2.33. The van der Waals surface area contributed by atoms with Crippen molar-refractivity contribution in [3.05, 3.63) is 24.4 Å². The van der Waals surface area contributed by atoms with Crippen LogP contribution in [0.3, 0.4) is 0 Å². The van der Waals surface area contributed by atoms with Gasteiger partial charge in [0.2, 0.25) is 0 Å². The SMILES string of the molecule is C=C(CC)NC(C(=C)C)C(C)C. The molecule has 0 aromatic carbocycles. The van der Waals surface area contributed by atoms with Crippen LogP contribution in [0.25, 0.3) is 0 Å². The zero-order valence-electron chi connectivity index (χ0n) is 8.78. The zero-order chi connectivity index (χ0) is 9.72. The molecule has 0 saturated carbocycles. The molecule has 1 heteroatoms. The molecule has 1 unspecified atom stereocenters. The Balaban J connectivity index is 4.14. The summed E-state index contributed by atoms with van der Waals surface area (Å²) in [5.74, 6) is 0.575. The van der Waals surface area contributed by atoms with Gasteiger partial charge in [0.1, 0.15) is 0 Å². The maximum atomic E-state index is 3.96. The Bertz CT molecular complexity index is 168. The van der Waals surface area contributed by atoms with Gasteiger partial charge in [0.05, 0.1) is 0 Å². The van der Waals surface area contributed by atoms with E-state index < -0.39 is 0 Å². The van der Waals surface area contributed by atoms with Crippen LogP contribution in [0.4, 0.5) is 0 Å². The fourth-order valence-electron chi connectivity index (χ4n) is 1.18. The largest absolute Gasteiger partial charge is 0.382 e. The van der Waals surface area contributed by atoms with Crippen molar-refractivity contribution in [3.63, 3.8) is 0 Å². The van der Waals surface area contributed by atoms with Crippen molar-refractivity contribution in [2.24, 2.45) is 5.92 Å². The maximum Gasteiger partial charge on any atom is 0.0488 e. The van der Waals surface area contributed by atoms with Crippen molar-refractivity contribution >= 4 is 0 Å². The van der Waals surface area contributed by atoms with E-state index in [4.69, 9.17) is 0 Å². The van der Waals surface area contributed by atoms with Gasteiger partial charge in [-0.2, -0.15) is 0 Å². The molecular weight excluding hydrogens is 146 g/mol. The van der Waals surface area contributed by atoms with Crippen LogP contribution in [0.1, 0.15) is 34.1 Å². The fraction of sp³-hybridized carbons (Fsp3) is 0.636. The average Bonchev–Trinajstić information content (AvgIpc) is 1.98. The summed E-state index contributed by atoms with van der Waals surface area (Å²) < 4.78 is 0. The van der Waals surface area contributed by atoms with Crippen molar-refractivity contribution in [1.82, 2.24) is 5.32 Å². The van der Waals surface area contributed by atoms with E-state index in [2.05, 4.69) is 46.2 Å². The fourth-order valence-corrected chi connectivity index (χ4v) is 1.18. The Morgan fingerprint density at radius 1 is 1.33 bits per heavy atom. The van der Waals surface area contributed by atoms with Crippen LogP contribution < -0.4 is 5.32 Å². The third kappa shape index (κ3) is 3.61. The summed E-state index contributed by atoms with van der Waals surface area (Å²) in [6.07, 6.45) is 0.983. The van der Waals surface area contributed by atoms with E-state index in [9.17, 15) is 0 Å². The van der Waals surface area contributed by atoms with Gasteiger partial charge in [-0.3, -0.25) is 0 Å². The van der Waals surface area contributed by atoms with Gasteiger partial charge in [0.15, 0.2) is 0 Å². The number of allylic oxidation sites excluding steroid dienone is 1. The number of rotatable bonds is 5. The van der Waals surface area contributed by atoms with E-state index in [1.807, 2.05) is 0 Å². The summed E-state index contributed by atoms with van der Waals surface area (Å²) in [6, 6.07) is 0.373. The molecule has 0 aliphatic carbocycles. The van der Waals surface area contributed by atoms with Crippen molar-refractivity contribution < 1.29 is 0 Å². The Kier molecular flexibility index (Phi) is 4.72. The van der Waals surface area contributed by atoms with Crippen LogP contribution >= 0.6 is 0 Å². The Hall–Kier alpha value is -0.720. The zero-order valence-corrected chi connectivity index (χ0v) is 8.78. The lowest BCUT2D eigenvalue weighted by molar-refractivity contribution is 0.478. The van der Waals surface area contributed by atoms with Gasteiger partial charge in [0, 0.05) is 11.7 Å². The van der Waals surface area contributed by atoms with Crippen LogP contribution in [0, 0.1) is 5.92 Å². The first kappa shape index (κ1) is 11.3. The molecule has 0 bridgehead atoms. The van der Waals surface area contributed by atoms with Gasteiger partial charge in [-0.05, 0) is 19.3 Å². The van der Waals surface area contributed by atoms with Crippen molar-refractivity contribution in [1.29, 1.82) is 0 Å². The summed E-state index contributed by atoms with van der Waals surface area (Å²) in [5.41, 5.74) is 2.27. The lowest BCUT2D eigenvalue weighted by Gasteiger charge is -2.24. The van der Waals surface area contributed by atoms with E-state index in [1.165, 1.54) is 5.57 Å². The van der Waals surface area contributed by atoms with Crippen LogP contribution in [0.5, 0.6) is 0 Å². The monoisotopic (exact) mass is 167 g/mol. The molecule has 0 aromatic rings. The summed E-state index contributed by atoms with van der Waals surface area (Å²) in [6.45, 7) is 16.4. The molecule has 1 N–H and O–H groups in total. The highest BCUT2D eigenvalue weighted by Crippen LogP contribution is 2.11. The average molecular weight is 167 g/mol. The molecular formula is C11H21N.